The molecule has 1 heterocycles. The van der Waals surface area contributed by atoms with Crippen molar-refractivity contribution in [1.29, 1.82) is 0 Å². The van der Waals surface area contributed by atoms with Crippen molar-refractivity contribution in [2.24, 2.45) is 5.84 Å². The zero-order valence-corrected chi connectivity index (χ0v) is 11.2. The first-order valence-corrected chi connectivity index (χ1v) is 6.50. The predicted molar refractivity (Wildman–Crippen MR) is 73.0 cm³/mol. The highest BCUT2D eigenvalue weighted by Gasteiger charge is 2.30. The summed E-state index contributed by atoms with van der Waals surface area (Å²) in [4.78, 5) is 13.4. The molecule has 0 aromatic heterocycles. The molecular formula is C14H21N3O2. The van der Waals surface area contributed by atoms with Gasteiger partial charge in [-0.2, -0.15) is 0 Å². The van der Waals surface area contributed by atoms with Gasteiger partial charge >= 0.3 is 0 Å². The molecule has 1 unspecified atom stereocenters. The molecule has 19 heavy (non-hydrogen) atoms. The second-order valence-electron chi connectivity index (χ2n) is 5.52. The first kappa shape index (κ1) is 14.0. The summed E-state index contributed by atoms with van der Waals surface area (Å²) in [5, 5.41) is 9.92. The normalized spacial score (nSPS) is 23.5. The van der Waals surface area contributed by atoms with Crippen molar-refractivity contribution in [2.45, 2.75) is 31.9 Å². The third-order valence-electron chi connectivity index (χ3n) is 3.49. The van der Waals surface area contributed by atoms with Crippen molar-refractivity contribution in [3.05, 3.63) is 35.4 Å². The van der Waals surface area contributed by atoms with Crippen LogP contribution >= 0.6 is 0 Å². The van der Waals surface area contributed by atoms with Crippen LogP contribution in [0.2, 0.25) is 0 Å². The molecule has 0 saturated carbocycles. The fourth-order valence-corrected chi connectivity index (χ4v) is 2.43. The maximum Gasteiger partial charge on any atom is 0.238 e. The van der Waals surface area contributed by atoms with Gasteiger partial charge in [0.25, 0.3) is 0 Å². The molecule has 1 aliphatic rings. The van der Waals surface area contributed by atoms with Crippen molar-refractivity contribution in [1.82, 2.24) is 10.3 Å². The number of carbonyl (C=O) groups is 1. The third kappa shape index (κ3) is 4.02. The van der Waals surface area contributed by atoms with Gasteiger partial charge in [-0.3, -0.25) is 15.1 Å². The Kier molecular flexibility index (Phi) is 4.19. The molecule has 0 radical (unpaired) electrons. The fraction of sp³-hybridized carbons (Fsp3) is 0.500. The lowest BCUT2D eigenvalue weighted by molar-refractivity contribution is -0.120. The molecule has 1 aromatic carbocycles. The summed E-state index contributed by atoms with van der Waals surface area (Å²) in [5.41, 5.74) is 3.70. The predicted octanol–water partition coefficient (Wildman–Crippen LogP) is 0.176. The van der Waals surface area contributed by atoms with E-state index in [1.807, 2.05) is 31.2 Å². The minimum Gasteiger partial charge on any atom is -0.389 e. The topological polar surface area (TPSA) is 78.6 Å². The van der Waals surface area contributed by atoms with Crippen molar-refractivity contribution >= 4 is 5.91 Å². The van der Waals surface area contributed by atoms with Crippen LogP contribution in [0.5, 0.6) is 0 Å². The Labute approximate surface area is 113 Å². The van der Waals surface area contributed by atoms with Crippen LogP contribution in [0.25, 0.3) is 0 Å². The Morgan fingerprint density at radius 1 is 1.42 bits per heavy atom. The van der Waals surface area contributed by atoms with Gasteiger partial charge in [0, 0.05) is 19.6 Å². The molecule has 1 fully saturated rings. The van der Waals surface area contributed by atoms with E-state index in [-0.39, 0.29) is 5.91 Å². The number of nitrogens with two attached hydrogens (primary N) is 1. The standard InChI is InChI=1S/C14H21N3O2/c1-14(19)6-7-17(10-14)9-12-4-2-11(3-5-12)8-13(18)16-15/h2-5,19H,6-10,15H2,1H3,(H,16,18). The van der Waals surface area contributed by atoms with Gasteiger partial charge in [0.1, 0.15) is 0 Å². The average molecular weight is 263 g/mol. The number of aliphatic hydroxyl groups is 1. The Balaban J connectivity index is 1.90. The highest BCUT2D eigenvalue weighted by molar-refractivity contribution is 5.77. The minimum atomic E-state index is -0.556. The quantitative estimate of drug-likeness (QED) is 0.411. The molecule has 5 heteroatoms. The van der Waals surface area contributed by atoms with E-state index in [4.69, 9.17) is 5.84 Å². The molecule has 1 aromatic rings. The average Bonchev–Trinajstić information content (AvgIpc) is 2.71. The van der Waals surface area contributed by atoms with Crippen LogP contribution in [0.4, 0.5) is 0 Å². The molecule has 1 saturated heterocycles. The van der Waals surface area contributed by atoms with E-state index in [1.54, 1.807) is 0 Å². The summed E-state index contributed by atoms with van der Waals surface area (Å²) in [5.74, 6) is 4.86. The lowest BCUT2D eigenvalue weighted by atomic mass is 10.1. The number of nitrogens with one attached hydrogen (secondary N) is 1. The van der Waals surface area contributed by atoms with Gasteiger partial charge in [-0.15, -0.1) is 0 Å². The molecule has 104 valence electrons. The summed E-state index contributed by atoms with van der Waals surface area (Å²) >= 11 is 0. The van der Waals surface area contributed by atoms with Crippen LogP contribution in [0.3, 0.4) is 0 Å². The van der Waals surface area contributed by atoms with Crippen molar-refractivity contribution in [3.63, 3.8) is 0 Å². The molecular weight excluding hydrogens is 242 g/mol. The molecule has 2 rings (SSSR count). The first-order valence-electron chi connectivity index (χ1n) is 6.50. The summed E-state index contributed by atoms with van der Waals surface area (Å²) in [6.45, 7) is 4.34. The number of likely N-dealkylation sites (tertiary alicyclic amines) is 1. The SMILES string of the molecule is CC1(O)CCN(Cc2ccc(CC(=O)NN)cc2)C1. The number of β-amino-alcohol motifs (C(OH)–C–C–N with tert-alkyl or cyclic N) is 1. The smallest absolute Gasteiger partial charge is 0.238 e. The number of rotatable bonds is 4. The number of hydrogen-bond donors (Lipinski definition) is 3. The van der Waals surface area contributed by atoms with E-state index in [0.29, 0.717) is 13.0 Å². The number of nitrogens with zero attached hydrogens (tertiary/aromatic N) is 1. The molecule has 4 N–H and O–H groups in total. The van der Waals surface area contributed by atoms with Crippen LogP contribution in [-0.2, 0) is 17.8 Å². The number of carbonyl (C=O) groups excluding carboxylic acids is 1. The first-order chi connectivity index (χ1) is 8.98. The highest BCUT2D eigenvalue weighted by Crippen LogP contribution is 2.22. The minimum absolute atomic E-state index is 0.191. The van der Waals surface area contributed by atoms with Crippen LogP contribution in [-0.4, -0.2) is 34.6 Å². The van der Waals surface area contributed by atoms with E-state index < -0.39 is 5.60 Å². The second-order valence-corrected chi connectivity index (χ2v) is 5.52. The molecule has 0 aliphatic carbocycles. The lowest BCUT2D eigenvalue weighted by Gasteiger charge is -2.18. The van der Waals surface area contributed by atoms with E-state index in [1.165, 1.54) is 5.56 Å². The van der Waals surface area contributed by atoms with Crippen LogP contribution in [0.1, 0.15) is 24.5 Å². The lowest BCUT2D eigenvalue weighted by Crippen LogP contribution is -2.31. The summed E-state index contributed by atoms with van der Waals surface area (Å²) in [6.07, 6.45) is 1.12. The highest BCUT2D eigenvalue weighted by atomic mass is 16.3. The van der Waals surface area contributed by atoms with Crippen molar-refractivity contribution in [2.75, 3.05) is 13.1 Å². The third-order valence-corrected chi connectivity index (χ3v) is 3.49. The number of hydrogen-bond acceptors (Lipinski definition) is 4. The maximum atomic E-state index is 11.1. The molecule has 1 amide bonds. The number of benzene rings is 1. The molecule has 0 bridgehead atoms. The summed E-state index contributed by atoms with van der Waals surface area (Å²) < 4.78 is 0. The zero-order valence-electron chi connectivity index (χ0n) is 11.2. The van der Waals surface area contributed by atoms with Gasteiger partial charge in [-0.25, -0.2) is 5.84 Å². The van der Waals surface area contributed by atoms with Crippen molar-refractivity contribution < 1.29 is 9.90 Å². The number of amides is 1. The van der Waals surface area contributed by atoms with Crippen LogP contribution in [0.15, 0.2) is 24.3 Å². The van der Waals surface area contributed by atoms with Gasteiger partial charge in [-0.05, 0) is 24.5 Å². The monoisotopic (exact) mass is 263 g/mol. The second kappa shape index (κ2) is 5.69. The molecule has 0 spiro atoms. The van der Waals surface area contributed by atoms with Gasteiger partial charge in [-0.1, -0.05) is 24.3 Å². The fourth-order valence-electron chi connectivity index (χ4n) is 2.43. The molecule has 1 aliphatic heterocycles. The van der Waals surface area contributed by atoms with Gasteiger partial charge in [0.05, 0.1) is 12.0 Å². The Morgan fingerprint density at radius 2 is 2.05 bits per heavy atom. The van der Waals surface area contributed by atoms with Crippen LogP contribution in [0, 0.1) is 0 Å². The largest absolute Gasteiger partial charge is 0.389 e. The van der Waals surface area contributed by atoms with E-state index in [9.17, 15) is 9.90 Å². The van der Waals surface area contributed by atoms with Crippen LogP contribution < -0.4 is 11.3 Å². The van der Waals surface area contributed by atoms with Crippen molar-refractivity contribution in [3.8, 4) is 0 Å². The van der Waals surface area contributed by atoms with Gasteiger partial charge in [0.15, 0.2) is 0 Å². The van der Waals surface area contributed by atoms with E-state index >= 15 is 0 Å². The van der Waals surface area contributed by atoms with Gasteiger partial charge in [0.2, 0.25) is 5.91 Å². The summed E-state index contributed by atoms with van der Waals surface area (Å²) in [7, 11) is 0. The Hall–Kier alpha value is -1.43. The number of hydrazine groups is 1. The zero-order chi connectivity index (χ0) is 13.9. The van der Waals surface area contributed by atoms with Gasteiger partial charge < -0.3 is 5.11 Å². The van der Waals surface area contributed by atoms with E-state index in [2.05, 4.69) is 10.3 Å². The molecule has 1 atom stereocenters. The Morgan fingerprint density at radius 3 is 2.58 bits per heavy atom. The van der Waals surface area contributed by atoms with E-state index in [0.717, 1.165) is 25.1 Å². The summed E-state index contributed by atoms with van der Waals surface area (Å²) in [6, 6.07) is 7.93. The maximum absolute atomic E-state index is 11.1. The molecule has 5 nitrogen and oxygen atoms in total. The Bertz CT molecular complexity index is 443.